The summed E-state index contributed by atoms with van der Waals surface area (Å²) in [7, 11) is 0. The molecule has 0 aromatic carbocycles. The van der Waals surface area contributed by atoms with Gasteiger partial charge in [-0.25, -0.2) is 10.0 Å². The van der Waals surface area contributed by atoms with Crippen LogP contribution in [0.3, 0.4) is 0 Å². The van der Waals surface area contributed by atoms with Gasteiger partial charge in [0.25, 0.3) is 0 Å². The molecule has 2 heteroatoms. The molecule has 4 saturated heterocycles. The Morgan fingerprint density at radius 1 is 1.08 bits per heavy atom. The first-order valence-corrected chi connectivity index (χ1v) is 5.49. The van der Waals surface area contributed by atoms with E-state index in [4.69, 9.17) is 0 Å². The second-order valence-electron chi connectivity index (χ2n) is 5.48. The maximum Gasteiger partial charge on any atom is 0.108 e. The normalized spacial score (nSPS) is 80.0. The van der Waals surface area contributed by atoms with Crippen molar-refractivity contribution in [1.29, 1.82) is 0 Å². The van der Waals surface area contributed by atoms with Crippen molar-refractivity contribution in [3.8, 4) is 0 Å². The largest absolute Gasteiger partial charge is 0.214 e. The van der Waals surface area contributed by atoms with Crippen molar-refractivity contribution in [3.63, 3.8) is 0 Å². The van der Waals surface area contributed by atoms with E-state index >= 15 is 0 Å². The van der Waals surface area contributed by atoms with Crippen LogP contribution < -0.4 is 0 Å². The Bertz CT molecular complexity index is 300. The van der Waals surface area contributed by atoms with E-state index in [0.29, 0.717) is 5.66 Å². The molecule has 4 heterocycles. The Balaban J connectivity index is 1.79. The van der Waals surface area contributed by atoms with Crippen LogP contribution in [-0.4, -0.2) is 27.8 Å². The van der Waals surface area contributed by atoms with Crippen molar-refractivity contribution in [3.05, 3.63) is 0 Å². The molecule has 4 aliphatic heterocycles. The molecule has 0 aromatic heterocycles. The summed E-state index contributed by atoms with van der Waals surface area (Å²) >= 11 is 0. The lowest BCUT2D eigenvalue weighted by Gasteiger charge is -2.52. The highest BCUT2D eigenvalue weighted by atomic mass is 16.0. The van der Waals surface area contributed by atoms with Gasteiger partial charge in [0.1, 0.15) is 5.66 Å². The molecule has 0 N–H and O–H groups in total. The molecule has 0 amide bonds. The fraction of sp³-hybridized carbons (Fsp3) is 1.00. The summed E-state index contributed by atoms with van der Waals surface area (Å²) in [6.45, 7) is 0. The van der Waals surface area contributed by atoms with Gasteiger partial charge in [-0.3, -0.25) is 0 Å². The van der Waals surface area contributed by atoms with Gasteiger partial charge in [-0.15, -0.1) is 0 Å². The van der Waals surface area contributed by atoms with Crippen molar-refractivity contribution in [2.24, 2.45) is 5.41 Å². The third-order valence-electron chi connectivity index (χ3n) is 5.52. The van der Waals surface area contributed by atoms with E-state index in [9.17, 15) is 0 Å². The maximum absolute atomic E-state index is 2.76. The van der Waals surface area contributed by atoms with Crippen LogP contribution >= 0.6 is 0 Å². The first-order valence-electron chi connectivity index (χ1n) is 5.49. The van der Waals surface area contributed by atoms with Gasteiger partial charge in [-0.1, -0.05) is 12.8 Å². The average Bonchev–Trinajstić information content (AvgIpc) is 2.45. The van der Waals surface area contributed by atoms with Crippen LogP contribution in [0.5, 0.6) is 0 Å². The molecule has 0 radical (unpaired) electrons. The van der Waals surface area contributed by atoms with Crippen LogP contribution in [-0.2, 0) is 0 Å². The van der Waals surface area contributed by atoms with Crippen LogP contribution in [0.25, 0.3) is 0 Å². The molecule has 6 fully saturated rings. The van der Waals surface area contributed by atoms with Crippen molar-refractivity contribution < 1.29 is 0 Å². The van der Waals surface area contributed by atoms with E-state index in [0.717, 1.165) is 17.5 Å². The highest BCUT2D eigenvalue weighted by Gasteiger charge is 2.94. The lowest BCUT2D eigenvalue weighted by atomic mass is 9.60. The van der Waals surface area contributed by atoms with Gasteiger partial charge in [0.2, 0.25) is 0 Å². The Labute approximate surface area is 72.5 Å². The van der Waals surface area contributed by atoms with Gasteiger partial charge >= 0.3 is 0 Å². The van der Waals surface area contributed by atoms with Crippen molar-refractivity contribution in [2.75, 3.05) is 0 Å². The van der Waals surface area contributed by atoms with Gasteiger partial charge in [-0.2, -0.15) is 0 Å². The lowest BCUT2D eigenvalue weighted by Crippen LogP contribution is -2.61. The highest BCUT2D eigenvalue weighted by Crippen LogP contribution is 2.84. The first-order chi connectivity index (χ1) is 5.90. The van der Waals surface area contributed by atoms with Gasteiger partial charge in [0.05, 0.1) is 0 Å². The minimum Gasteiger partial charge on any atom is -0.214 e. The molecule has 3 bridgehead atoms. The topological polar surface area (TPSA) is 6.02 Å². The number of hydrogen-bond donors (Lipinski definition) is 0. The maximum atomic E-state index is 2.76. The van der Waals surface area contributed by atoms with Crippen molar-refractivity contribution >= 4 is 0 Å². The molecule has 64 valence electrons. The van der Waals surface area contributed by atoms with E-state index in [1.807, 2.05) is 0 Å². The van der Waals surface area contributed by atoms with E-state index in [1.165, 1.54) is 25.7 Å². The minimum atomic E-state index is 0.679. The Kier molecular flexibility index (Phi) is 0.561. The van der Waals surface area contributed by atoms with Gasteiger partial charge in [0, 0.05) is 17.5 Å². The average molecular weight is 162 g/mol. The minimum absolute atomic E-state index is 0.679. The smallest absolute Gasteiger partial charge is 0.108 e. The molecular formula is C10H14N2. The monoisotopic (exact) mass is 162 g/mol. The second kappa shape index (κ2) is 1.20. The molecule has 2 aliphatic carbocycles. The molecule has 0 aromatic rings. The molecule has 6 aliphatic rings. The number of rotatable bonds is 0. The summed E-state index contributed by atoms with van der Waals surface area (Å²) in [5, 5.41) is 5.50. The molecule has 2 saturated carbocycles. The van der Waals surface area contributed by atoms with Gasteiger partial charge in [-0.05, 0) is 25.7 Å². The Hall–Kier alpha value is -0.0800. The predicted molar refractivity (Wildman–Crippen MR) is 44.1 cm³/mol. The Morgan fingerprint density at radius 3 is 2.75 bits per heavy atom. The zero-order chi connectivity index (χ0) is 7.55. The summed E-state index contributed by atoms with van der Waals surface area (Å²) in [6.07, 6.45) is 9.15. The molecule has 2 spiro atoms. The molecule has 6 rings (SSSR count). The molecule has 2 nitrogen and oxygen atoms in total. The van der Waals surface area contributed by atoms with Crippen LogP contribution in [0.1, 0.15) is 38.5 Å². The van der Waals surface area contributed by atoms with E-state index in [2.05, 4.69) is 10.0 Å². The summed E-state index contributed by atoms with van der Waals surface area (Å²) in [4.78, 5) is 0. The molecular weight excluding hydrogens is 148 g/mol. The lowest BCUT2D eigenvalue weighted by molar-refractivity contribution is -0.0551. The number of nitrogens with zero attached hydrogens (tertiary/aromatic N) is 2. The SMILES string of the molecule is C1CCC23N4C5CC(N42)C3(C1)C5. The fourth-order valence-electron chi connectivity index (χ4n) is 5.39. The number of hydrazine groups is 1. The molecule has 6 unspecified atom stereocenters. The van der Waals surface area contributed by atoms with Gasteiger partial charge in [0.15, 0.2) is 0 Å². The zero-order valence-corrected chi connectivity index (χ0v) is 7.29. The zero-order valence-electron chi connectivity index (χ0n) is 7.29. The fourth-order valence-corrected chi connectivity index (χ4v) is 5.39. The van der Waals surface area contributed by atoms with Crippen LogP contribution in [0.2, 0.25) is 0 Å². The summed E-state index contributed by atoms with van der Waals surface area (Å²) in [5.41, 5.74) is 1.51. The summed E-state index contributed by atoms with van der Waals surface area (Å²) < 4.78 is 0. The third kappa shape index (κ3) is 0.262. The van der Waals surface area contributed by atoms with Crippen LogP contribution in [0, 0.1) is 5.41 Å². The van der Waals surface area contributed by atoms with E-state index in [-0.39, 0.29) is 0 Å². The van der Waals surface area contributed by atoms with Gasteiger partial charge < -0.3 is 0 Å². The highest BCUT2D eigenvalue weighted by molar-refractivity contribution is 5.40. The molecule has 6 atom stereocenters. The predicted octanol–water partition coefficient (Wildman–Crippen LogP) is 1.33. The second-order valence-corrected chi connectivity index (χ2v) is 5.48. The number of piperidine rings is 1. The number of hydrogen-bond acceptors (Lipinski definition) is 2. The third-order valence-corrected chi connectivity index (χ3v) is 5.52. The first kappa shape index (κ1) is 5.61. The Morgan fingerprint density at radius 2 is 2.00 bits per heavy atom. The standard InChI is InChI=1S/C10H14N2/c1-2-4-10-9(3-1)6-7-5-8(9)12(10)11(7)10/h7-8H,1-6H2. The van der Waals surface area contributed by atoms with Crippen LogP contribution in [0.15, 0.2) is 0 Å². The van der Waals surface area contributed by atoms with Crippen LogP contribution in [0.4, 0.5) is 0 Å². The van der Waals surface area contributed by atoms with E-state index < -0.39 is 0 Å². The molecule has 12 heavy (non-hydrogen) atoms. The van der Waals surface area contributed by atoms with Crippen molar-refractivity contribution in [2.45, 2.75) is 56.3 Å². The summed E-state index contributed by atoms with van der Waals surface area (Å²) in [5.74, 6) is 0. The summed E-state index contributed by atoms with van der Waals surface area (Å²) in [6, 6.07) is 2.01. The quantitative estimate of drug-likeness (QED) is 0.496. The van der Waals surface area contributed by atoms with E-state index in [1.54, 1.807) is 12.8 Å². The van der Waals surface area contributed by atoms with Crippen molar-refractivity contribution in [1.82, 2.24) is 10.0 Å².